The molecule has 160 valence electrons. The summed E-state index contributed by atoms with van der Waals surface area (Å²) in [6, 6.07) is 9.91. The second-order valence-electron chi connectivity index (χ2n) is 8.77. The molecule has 0 radical (unpaired) electrons. The third-order valence-corrected chi connectivity index (χ3v) is 6.40. The SMILES string of the molecule is CC(C)N1C(=O)N(CCc2ccccc2)C2(CCN(Cc3cnn(C)c3)CC2)C1=O. The van der Waals surface area contributed by atoms with Crippen LogP contribution in [0.2, 0.25) is 0 Å². The van der Waals surface area contributed by atoms with Gasteiger partial charge in [-0.3, -0.25) is 19.3 Å². The van der Waals surface area contributed by atoms with E-state index in [1.807, 2.05) is 61.1 Å². The van der Waals surface area contributed by atoms with E-state index in [0.29, 0.717) is 19.4 Å². The van der Waals surface area contributed by atoms with E-state index in [4.69, 9.17) is 0 Å². The summed E-state index contributed by atoms with van der Waals surface area (Å²) in [5.41, 5.74) is 1.65. The van der Waals surface area contributed by atoms with Crippen LogP contribution in [0.25, 0.3) is 0 Å². The van der Waals surface area contributed by atoms with E-state index >= 15 is 0 Å². The Labute approximate surface area is 178 Å². The first kappa shape index (κ1) is 20.6. The van der Waals surface area contributed by atoms with Gasteiger partial charge in [-0.25, -0.2) is 4.79 Å². The Morgan fingerprint density at radius 1 is 1.07 bits per heavy atom. The minimum atomic E-state index is -0.707. The molecular weight excluding hydrogens is 378 g/mol. The van der Waals surface area contributed by atoms with Crippen LogP contribution in [-0.4, -0.2) is 67.6 Å². The number of amides is 3. The largest absolute Gasteiger partial charge is 0.327 e. The number of benzene rings is 1. The van der Waals surface area contributed by atoms with Gasteiger partial charge in [0.2, 0.25) is 0 Å². The monoisotopic (exact) mass is 409 g/mol. The summed E-state index contributed by atoms with van der Waals surface area (Å²) < 4.78 is 1.81. The Kier molecular flexibility index (Phi) is 5.64. The number of aromatic nitrogens is 2. The second-order valence-corrected chi connectivity index (χ2v) is 8.77. The predicted octanol–water partition coefficient (Wildman–Crippen LogP) is 2.67. The number of imide groups is 1. The molecule has 1 aromatic heterocycles. The quantitative estimate of drug-likeness (QED) is 0.688. The molecule has 30 heavy (non-hydrogen) atoms. The zero-order valence-corrected chi connectivity index (χ0v) is 18.1. The third kappa shape index (κ3) is 3.74. The van der Waals surface area contributed by atoms with Crippen molar-refractivity contribution in [2.75, 3.05) is 19.6 Å². The van der Waals surface area contributed by atoms with Crippen LogP contribution in [0, 0.1) is 0 Å². The fourth-order valence-corrected chi connectivity index (χ4v) is 4.77. The molecule has 7 heteroatoms. The van der Waals surface area contributed by atoms with E-state index in [-0.39, 0.29) is 18.0 Å². The van der Waals surface area contributed by atoms with Crippen molar-refractivity contribution in [3.63, 3.8) is 0 Å². The Balaban J connectivity index is 1.50. The molecular formula is C23H31N5O2. The number of carbonyl (C=O) groups is 2. The highest BCUT2D eigenvalue weighted by molar-refractivity contribution is 6.07. The van der Waals surface area contributed by atoms with Gasteiger partial charge in [0.1, 0.15) is 5.54 Å². The molecule has 0 unspecified atom stereocenters. The molecule has 0 saturated carbocycles. The molecule has 0 aliphatic carbocycles. The molecule has 2 aromatic rings. The summed E-state index contributed by atoms with van der Waals surface area (Å²) >= 11 is 0. The molecule has 1 spiro atoms. The van der Waals surface area contributed by atoms with Crippen molar-refractivity contribution >= 4 is 11.9 Å². The highest BCUT2D eigenvalue weighted by atomic mass is 16.2. The molecule has 2 saturated heterocycles. The molecule has 4 rings (SSSR count). The van der Waals surface area contributed by atoms with Gasteiger partial charge in [-0.05, 0) is 38.7 Å². The maximum absolute atomic E-state index is 13.5. The lowest BCUT2D eigenvalue weighted by Crippen LogP contribution is -2.56. The first-order valence-electron chi connectivity index (χ1n) is 10.8. The fraction of sp³-hybridized carbons (Fsp3) is 0.522. The first-order valence-corrected chi connectivity index (χ1v) is 10.8. The van der Waals surface area contributed by atoms with Crippen molar-refractivity contribution in [2.24, 2.45) is 7.05 Å². The number of urea groups is 1. The van der Waals surface area contributed by atoms with Crippen molar-refractivity contribution in [1.82, 2.24) is 24.5 Å². The molecule has 0 bridgehead atoms. The van der Waals surface area contributed by atoms with Gasteiger partial charge >= 0.3 is 6.03 Å². The van der Waals surface area contributed by atoms with Crippen LogP contribution in [0.3, 0.4) is 0 Å². The van der Waals surface area contributed by atoms with Crippen LogP contribution in [0.1, 0.15) is 37.8 Å². The van der Waals surface area contributed by atoms with Gasteiger partial charge in [-0.2, -0.15) is 5.10 Å². The first-order chi connectivity index (χ1) is 14.4. The zero-order valence-electron chi connectivity index (χ0n) is 18.1. The minimum Gasteiger partial charge on any atom is -0.309 e. The Morgan fingerprint density at radius 2 is 1.77 bits per heavy atom. The molecule has 2 aliphatic heterocycles. The number of hydrogen-bond donors (Lipinski definition) is 0. The minimum absolute atomic E-state index is 0.0170. The number of aryl methyl sites for hydroxylation is 1. The smallest absolute Gasteiger partial charge is 0.309 e. The summed E-state index contributed by atoms with van der Waals surface area (Å²) in [5, 5.41) is 4.25. The lowest BCUT2D eigenvalue weighted by Gasteiger charge is -2.42. The van der Waals surface area contributed by atoms with Crippen LogP contribution in [0.5, 0.6) is 0 Å². The fourth-order valence-electron chi connectivity index (χ4n) is 4.77. The Bertz CT molecular complexity index is 899. The van der Waals surface area contributed by atoms with Gasteiger partial charge in [0.25, 0.3) is 5.91 Å². The number of rotatable bonds is 6. The Morgan fingerprint density at radius 3 is 2.37 bits per heavy atom. The summed E-state index contributed by atoms with van der Waals surface area (Å²) in [6.07, 6.45) is 6.03. The standard InChI is InChI=1S/C23H31N5O2/c1-18(2)28-21(29)23(27(22(28)30)12-9-19-7-5-4-6-8-19)10-13-26(14-11-23)17-20-15-24-25(3)16-20/h4-8,15-16,18H,9-14,17H2,1-3H3. The molecule has 1 aromatic carbocycles. The zero-order chi connectivity index (χ0) is 21.3. The van der Waals surface area contributed by atoms with Gasteiger partial charge < -0.3 is 4.90 Å². The van der Waals surface area contributed by atoms with E-state index < -0.39 is 5.54 Å². The van der Waals surface area contributed by atoms with Crippen LogP contribution in [-0.2, 0) is 24.8 Å². The van der Waals surface area contributed by atoms with Gasteiger partial charge in [-0.15, -0.1) is 0 Å². The lowest BCUT2D eigenvalue weighted by molar-refractivity contribution is -0.136. The van der Waals surface area contributed by atoms with Crippen molar-refractivity contribution in [3.05, 3.63) is 53.9 Å². The third-order valence-electron chi connectivity index (χ3n) is 6.40. The summed E-state index contributed by atoms with van der Waals surface area (Å²) in [5.74, 6) is -0.0170. The van der Waals surface area contributed by atoms with Crippen LogP contribution >= 0.6 is 0 Å². The van der Waals surface area contributed by atoms with Crippen molar-refractivity contribution in [1.29, 1.82) is 0 Å². The van der Waals surface area contributed by atoms with Crippen molar-refractivity contribution in [3.8, 4) is 0 Å². The predicted molar refractivity (Wildman–Crippen MR) is 115 cm³/mol. The van der Waals surface area contributed by atoms with Crippen molar-refractivity contribution < 1.29 is 9.59 Å². The maximum atomic E-state index is 13.5. The van der Waals surface area contributed by atoms with E-state index in [1.165, 1.54) is 16.0 Å². The summed E-state index contributed by atoms with van der Waals surface area (Å²) in [6.45, 7) is 6.82. The highest BCUT2D eigenvalue weighted by Gasteiger charge is 2.58. The van der Waals surface area contributed by atoms with Crippen LogP contribution in [0.4, 0.5) is 4.79 Å². The normalized spacial score (nSPS) is 19.5. The van der Waals surface area contributed by atoms with Crippen molar-refractivity contribution in [2.45, 2.75) is 51.2 Å². The number of hydrogen-bond acceptors (Lipinski definition) is 4. The molecule has 0 N–H and O–H groups in total. The van der Waals surface area contributed by atoms with Gasteiger partial charge in [0.05, 0.1) is 6.20 Å². The highest BCUT2D eigenvalue weighted by Crippen LogP contribution is 2.38. The van der Waals surface area contributed by atoms with Gasteiger partial charge in [-0.1, -0.05) is 30.3 Å². The average Bonchev–Trinajstić information content (AvgIpc) is 3.22. The average molecular weight is 410 g/mol. The van der Waals surface area contributed by atoms with E-state index in [1.54, 1.807) is 0 Å². The molecule has 2 aliphatic rings. The molecule has 2 fully saturated rings. The number of piperidine rings is 1. The van der Waals surface area contributed by atoms with E-state index in [9.17, 15) is 9.59 Å². The maximum Gasteiger partial charge on any atom is 0.327 e. The molecule has 3 amide bonds. The molecule has 7 nitrogen and oxygen atoms in total. The van der Waals surface area contributed by atoms with Gasteiger partial charge in [0, 0.05) is 51.0 Å². The lowest BCUT2D eigenvalue weighted by atomic mass is 9.85. The number of nitrogens with zero attached hydrogens (tertiary/aromatic N) is 5. The number of likely N-dealkylation sites (tertiary alicyclic amines) is 1. The van der Waals surface area contributed by atoms with E-state index in [2.05, 4.69) is 22.1 Å². The molecule has 3 heterocycles. The van der Waals surface area contributed by atoms with Crippen LogP contribution < -0.4 is 0 Å². The van der Waals surface area contributed by atoms with Gasteiger partial charge in [0.15, 0.2) is 0 Å². The van der Waals surface area contributed by atoms with E-state index in [0.717, 1.165) is 26.1 Å². The Hall–Kier alpha value is -2.67. The number of carbonyl (C=O) groups excluding carboxylic acids is 2. The second kappa shape index (κ2) is 8.22. The summed E-state index contributed by atoms with van der Waals surface area (Å²) in [7, 11) is 1.92. The van der Waals surface area contributed by atoms with Crippen LogP contribution in [0.15, 0.2) is 42.7 Å². The summed E-state index contributed by atoms with van der Waals surface area (Å²) in [4.78, 5) is 32.4. The molecule has 0 atom stereocenters. The topological polar surface area (TPSA) is 61.7 Å².